The largest absolute Gasteiger partial charge is 0.464 e. The highest BCUT2D eigenvalue weighted by molar-refractivity contribution is 5.80. The summed E-state index contributed by atoms with van der Waals surface area (Å²) in [5.41, 5.74) is 0. The molecule has 0 aromatic rings. The molecule has 1 unspecified atom stereocenters. The van der Waals surface area contributed by atoms with Gasteiger partial charge in [-0.15, -0.1) is 0 Å². The van der Waals surface area contributed by atoms with Crippen LogP contribution in [0.2, 0.25) is 0 Å². The van der Waals surface area contributed by atoms with Gasteiger partial charge in [0.1, 0.15) is 12.6 Å². The van der Waals surface area contributed by atoms with Gasteiger partial charge in [-0.25, -0.2) is 9.59 Å². The molecule has 0 aromatic carbocycles. The maximum Gasteiger partial charge on any atom is 0.408 e. The molecule has 5 nitrogen and oxygen atoms in total. The fraction of sp³-hybridized carbons (Fsp3) is 0.833. The van der Waals surface area contributed by atoms with E-state index in [4.69, 9.17) is 9.47 Å². The third kappa shape index (κ3) is 19.6. The first-order valence-electron chi connectivity index (χ1n) is 11.8. The molecule has 1 atom stereocenters. The molecule has 0 aliphatic carbocycles. The molecule has 0 bridgehead atoms. The summed E-state index contributed by atoms with van der Waals surface area (Å²) in [6, 6.07) is -0.705. The van der Waals surface area contributed by atoms with Crippen molar-refractivity contribution in [1.29, 1.82) is 0 Å². The second kappa shape index (κ2) is 21.2. The molecule has 0 aromatic heterocycles. The van der Waals surface area contributed by atoms with Gasteiger partial charge in [0.2, 0.25) is 0 Å². The molecule has 0 rings (SSSR count). The van der Waals surface area contributed by atoms with Gasteiger partial charge in [-0.05, 0) is 13.3 Å². The van der Waals surface area contributed by atoms with Gasteiger partial charge < -0.3 is 14.8 Å². The zero-order valence-electron chi connectivity index (χ0n) is 19.0. The molecule has 0 spiro atoms. The first-order valence-corrected chi connectivity index (χ1v) is 11.8. The van der Waals surface area contributed by atoms with E-state index in [9.17, 15) is 9.59 Å². The van der Waals surface area contributed by atoms with E-state index in [2.05, 4.69) is 18.8 Å². The van der Waals surface area contributed by atoms with Crippen LogP contribution in [0.4, 0.5) is 4.79 Å². The minimum absolute atomic E-state index is 0.118. The van der Waals surface area contributed by atoms with E-state index in [0.29, 0.717) is 6.61 Å². The highest BCUT2D eigenvalue weighted by atomic mass is 16.6. The topological polar surface area (TPSA) is 64.6 Å². The van der Waals surface area contributed by atoms with Crippen LogP contribution in [0.1, 0.15) is 110 Å². The van der Waals surface area contributed by atoms with Crippen LogP contribution in [0.15, 0.2) is 12.7 Å². The molecule has 0 heterocycles. The molecular weight excluding hydrogens is 366 g/mol. The van der Waals surface area contributed by atoms with Crippen LogP contribution in [0.3, 0.4) is 0 Å². The van der Waals surface area contributed by atoms with Crippen molar-refractivity contribution in [3.05, 3.63) is 12.7 Å². The minimum Gasteiger partial charge on any atom is -0.464 e. The summed E-state index contributed by atoms with van der Waals surface area (Å²) in [6.45, 7) is 7.84. The molecule has 0 aliphatic rings. The third-order valence-electron chi connectivity index (χ3n) is 5.01. The Kier molecular flexibility index (Phi) is 20.1. The van der Waals surface area contributed by atoms with Crippen molar-refractivity contribution in [2.45, 2.75) is 116 Å². The Balaban J connectivity index is 3.33. The molecule has 1 amide bonds. The van der Waals surface area contributed by atoms with Crippen LogP contribution < -0.4 is 5.32 Å². The summed E-state index contributed by atoms with van der Waals surface area (Å²) in [7, 11) is 0. The minimum atomic E-state index is -0.705. The maximum absolute atomic E-state index is 11.8. The van der Waals surface area contributed by atoms with Gasteiger partial charge in [0.25, 0.3) is 0 Å². The number of hydrogen-bond acceptors (Lipinski definition) is 4. The highest BCUT2D eigenvalue weighted by Crippen LogP contribution is 2.13. The van der Waals surface area contributed by atoms with Gasteiger partial charge in [-0.1, -0.05) is 109 Å². The lowest BCUT2D eigenvalue weighted by Gasteiger charge is -2.13. The Morgan fingerprint density at radius 2 is 1.24 bits per heavy atom. The van der Waals surface area contributed by atoms with E-state index in [1.807, 2.05) is 0 Å². The predicted octanol–water partition coefficient (Wildman–Crippen LogP) is 6.70. The Hall–Kier alpha value is -1.52. The zero-order chi connectivity index (χ0) is 21.6. The van der Waals surface area contributed by atoms with E-state index < -0.39 is 18.1 Å². The average Bonchev–Trinajstić information content (AvgIpc) is 2.71. The Morgan fingerprint density at radius 1 is 0.793 bits per heavy atom. The summed E-state index contributed by atoms with van der Waals surface area (Å²) in [4.78, 5) is 23.1. The summed E-state index contributed by atoms with van der Waals surface area (Å²) >= 11 is 0. The number of unbranched alkanes of at least 4 members (excludes halogenated alkanes) is 14. The number of rotatable bonds is 20. The maximum atomic E-state index is 11.8. The molecule has 5 heteroatoms. The lowest BCUT2D eigenvalue weighted by atomic mass is 10.0. The second-order valence-corrected chi connectivity index (χ2v) is 7.87. The Labute approximate surface area is 179 Å². The van der Waals surface area contributed by atoms with Crippen LogP contribution in [-0.2, 0) is 14.3 Å². The number of alkyl carbamates (subject to hydrolysis) is 1. The normalized spacial score (nSPS) is 11.7. The Bertz CT molecular complexity index is 412. The first-order chi connectivity index (χ1) is 14.1. The van der Waals surface area contributed by atoms with E-state index in [-0.39, 0.29) is 6.61 Å². The van der Waals surface area contributed by atoms with Gasteiger partial charge in [-0.2, -0.15) is 0 Å². The van der Waals surface area contributed by atoms with Crippen LogP contribution >= 0.6 is 0 Å². The fourth-order valence-corrected chi connectivity index (χ4v) is 3.18. The molecule has 0 aliphatic heterocycles. The number of esters is 1. The van der Waals surface area contributed by atoms with Crippen molar-refractivity contribution in [3.63, 3.8) is 0 Å². The van der Waals surface area contributed by atoms with Crippen molar-refractivity contribution >= 4 is 12.1 Å². The lowest BCUT2D eigenvalue weighted by molar-refractivity contribution is -0.145. The van der Waals surface area contributed by atoms with Crippen molar-refractivity contribution < 1.29 is 19.1 Å². The number of amides is 1. The summed E-state index contributed by atoms with van der Waals surface area (Å²) in [5, 5.41) is 2.44. The molecule has 170 valence electrons. The first kappa shape index (κ1) is 27.5. The van der Waals surface area contributed by atoms with Crippen LogP contribution in [0.5, 0.6) is 0 Å². The van der Waals surface area contributed by atoms with Crippen LogP contribution in [-0.4, -0.2) is 31.3 Å². The second-order valence-electron chi connectivity index (χ2n) is 7.87. The fourth-order valence-electron chi connectivity index (χ4n) is 3.18. The van der Waals surface area contributed by atoms with E-state index in [1.54, 1.807) is 6.92 Å². The smallest absolute Gasteiger partial charge is 0.408 e. The number of nitrogens with one attached hydrogen (secondary N) is 1. The quantitative estimate of drug-likeness (QED) is 0.137. The number of hydrogen-bond donors (Lipinski definition) is 1. The standard InChI is InChI=1S/C24H45NO4/c1-4-6-7-8-9-10-11-12-13-14-15-16-17-18-19-21-28-23(26)22(3)25-24(27)29-20-5-2/h5,22H,2,4,6-21H2,1,3H3,(H,25,27). The molecule has 0 radical (unpaired) electrons. The summed E-state index contributed by atoms with van der Waals surface area (Å²) in [5.74, 6) is -0.425. The summed E-state index contributed by atoms with van der Waals surface area (Å²) < 4.78 is 9.96. The molecule has 0 fully saturated rings. The van der Waals surface area contributed by atoms with Gasteiger partial charge in [0.15, 0.2) is 0 Å². The number of ether oxygens (including phenoxy) is 2. The number of carbonyl (C=O) groups excluding carboxylic acids is 2. The third-order valence-corrected chi connectivity index (χ3v) is 5.01. The predicted molar refractivity (Wildman–Crippen MR) is 120 cm³/mol. The van der Waals surface area contributed by atoms with Crippen molar-refractivity contribution in [1.82, 2.24) is 5.32 Å². The van der Waals surface area contributed by atoms with Crippen molar-refractivity contribution in [2.24, 2.45) is 0 Å². The van der Waals surface area contributed by atoms with Crippen LogP contribution in [0.25, 0.3) is 0 Å². The van der Waals surface area contributed by atoms with Crippen molar-refractivity contribution in [3.8, 4) is 0 Å². The monoisotopic (exact) mass is 411 g/mol. The van der Waals surface area contributed by atoms with E-state index in [0.717, 1.165) is 12.8 Å². The summed E-state index contributed by atoms with van der Waals surface area (Å²) in [6.07, 6.45) is 20.4. The molecule has 0 saturated carbocycles. The highest BCUT2D eigenvalue weighted by Gasteiger charge is 2.17. The molecular formula is C24H45NO4. The Morgan fingerprint density at radius 3 is 1.69 bits per heavy atom. The zero-order valence-corrected chi connectivity index (χ0v) is 19.0. The van der Waals surface area contributed by atoms with E-state index >= 15 is 0 Å². The van der Waals surface area contributed by atoms with E-state index in [1.165, 1.54) is 89.5 Å². The van der Waals surface area contributed by atoms with Crippen LogP contribution in [0, 0.1) is 0 Å². The van der Waals surface area contributed by atoms with Crippen molar-refractivity contribution in [2.75, 3.05) is 13.2 Å². The van der Waals surface area contributed by atoms with Gasteiger partial charge in [-0.3, -0.25) is 0 Å². The molecule has 0 saturated heterocycles. The van der Waals surface area contributed by atoms with Gasteiger partial charge in [0, 0.05) is 0 Å². The lowest BCUT2D eigenvalue weighted by Crippen LogP contribution is -2.40. The van der Waals surface area contributed by atoms with Gasteiger partial charge in [0.05, 0.1) is 6.61 Å². The molecule has 1 N–H and O–H groups in total. The average molecular weight is 412 g/mol. The van der Waals surface area contributed by atoms with Gasteiger partial charge >= 0.3 is 12.1 Å². The number of carbonyl (C=O) groups is 2. The SMILES string of the molecule is C=CCOC(=O)NC(C)C(=O)OCCCCCCCCCCCCCCCCC. The molecule has 29 heavy (non-hydrogen) atoms.